The van der Waals surface area contributed by atoms with Gasteiger partial charge < -0.3 is 40.2 Å². The van der Waals surface area contributed by atoms with E-state index in [-0.39, 0.29) is 47.0 Å². The van der Waals surface area contributed by atoms with Crippen molar-refractivity contribution in [1.29, 1.82) is 0 Å². The number of furan rings is 1. The van der Waals surface area contributed by atoms with E-state index in [2.05, 4.69) is 5.32 Å². The van der Waals surface area contributed by atoms with Crippen molar-refractivity contribution in [3.63, 3.8) is 0 Å². The summed E-state index contributed by atoms with van der Waals surface area (Å²) in [6.45, 7) is 1.47. The molecule has 5 rings (SSSR count). The quantitative estimate of drug-likeness (QED) is 0.191. The maximum Gasteiger partial charge on any atom is 0.336 e. The summed E-state index contributed by atoms with van der Waals surface area (Å²) < 4.78 is 5.92. The Balaban J connectivity index is 1.59. The van der Waals surface area contributed by atoms with Crippen LogP contribution in [0.25, 0.3) is 11.0 Å². The molecule has 1 aliphatic rings. The maximum absolute atomic E-state index is 13.6. The number of benzene rings is 3. The predicted octanol–water partition coefficient (Wildman–Crippen LogP) is 2.93. The summed E-state index contributed by atoms with van der Waals surface area (Å²) in [5, 5.41) is 54.0. The Labute approximate surface area is 231 Å². The van der Waals surface area contributed by atoms with Gasteiger partial charge in [-0.2, -0.15) is 0 Å². The molecule has 1 saturated heterocycles. The van der Waals surface area contributed by atoms with E-state index in [1.54, 1.807) is 0 Å². The van der Waals surface area contributed by atoms with E-state index in [1.807, 2.05) is 0 Å². The number of carbonyl (C=O) groups excluding carboxylic acids is 3. The largest absolute Gasteiger partial charge is 0.508 e. The number of carbonyl (C=O) groups is 4. The lowest BCUT2D eigenvalue weighted by molar-refractivity contribution is -0.127. The van der Waals surface area contributed by atoms with Crippen LogP contribution in [-0.2, 0) is 4.79 Å². The fourth-order valence-electron chi connectivity index (χ4n) is 5.08. The number of amides is 2. The van der Waals surface area contributed by atoms with Crippen molar-refractivity contribution < 1.29 is 49.1 Å². The number of carboxylic acids is 1. The van der Waals surface area contributed by atoms with Crippen LogP contribution in [-0.4, -0.2) is 73.1 Å². The number of hydrogen-bond acceptors (Lipinski definition) is 9. The highest BCUT2D eigenvalue weighted by molar-refractivity contribution is 6.23. The van der Waals surface area contributed by atoms with Gasteiger partial charge in [0.25, 0.3) is 5.91 Å². The average Bonchev–Trinajstić information content (AvgIpc) is 3.49. The summed E-state index contributed by atoms with van der Waals surface area (Å²) in [6.07, 6.45) is 0. The molecule has 6 N–H and O–H groups in total. The van der Waals surface area contributed by atoms with Crippen molar-refractivity contribution in [1.82, 2.24) is 10.2 Å². The molecule has 1 aromatic heterocycles. The summed E-state index contributed by atoms with van der Waals surface area (Å²) in [7, 11) is 0. The normalized spacial score (nSPS) is 16.6. The highest BCUT2D eigenvalue weighted by atomic mass is 16.4. The molecule has 2 amide bonds. The standard InChI is InChI=1S/C29H24N2O10/c1-13(32)31-11-17(18(12-31)30-28(38)14-5-7-15(33)8-6-14)27-26(37)24-21(41-27)10-9-20(35)23(24)25(36)22-16(29(39)40)3-2-4-19(22)34/h2-10,17-18,33-35,37H,11-12H2,1H3,(H,30,38)(H,39,40). The number of rotatable bonds is 6. The molecule has 1 fully saturated rings. The van der Waals surface area contributed by atoms with E-state index in [0.717, 1.165) is 18.2 Å². The molecule has 0 bridgehead atoms. The number of phenols is 3. The Morgan fingerprint density at radius 1 is 0.878 bits per heavy atom. The van der Waals surface area contributed by atoms with Crippen LogP contribution in [0.5, 0.6) is 23.0 Å². The Kier molecular flexibility index (Phi) is 6.75. The van der Waals surface area contributed by atoms with Crippen LogP contribution in [0.3, 0.4) is 0 Å². The number of hydrogen-bond donors (Lipinski definition) is 6. The van der Waals surface area contributed by atoms with Crippen LogP contribution in [0.1, 0.15) is 55.2 Å². The molecule has 2 heterocycles. The van der Waals surface area contributed by atoms with Crippen molar-refractivity contribution in [2.24, 2.45) is 0 Å². The number of nitrogens with one attached hydrogen (secondary N) is 1. The molecule has 2 unspecified atom stereocenters. The van der Waals surface area contributed by atoms with Gasteiger partial charge in [0.2, 0.25) is 11.7 Å². The number of carboxylic acid groups (broad SMARTS) is 1. The SMILES string of the molecule is CC(=O)N1CC(NC(=O)c2ccc(O)cc2)C(c2oc3ccc(O)c(C(=O)c4c(O)cccc4C(=O)O)c3c2O)C1. The highest BCUT2D eigenvalue weighted by Crippen LogP contribution is 2.45. The van der Waals surface area contributed by atoms with Gasteiger partial charge in [0, 0.05) is 25.6 Å². The summed E-state index contributed by atoms with van der Waals surface area (Å²) in [4.78, 5) is 52.0. The van der Waals surface area contributed by atoms with E-state index < -0.39 is 63.6 Å². The number of phenolic OH excluding ortho intramolecular Hbond substituents is 3. The highest BCUT2D eigenvalue weighted by Gasteiger charge is 2.41. The first-order chi connectivity index (χ1) is 19.5. The Hall–Kier alpha value is -5.52. The van der Waals surface area contributed by atoms with Crippen molar-refractivity contribution in [2.75, 3.05) is 13.1 Å². The van der Waals surface area contributed by atoms with Gasteiger partial charge in [-0.25, -0.2) is 4.79 Å². The fraction of sp³-hybridized carbons (Fsp3) is 0.172. The molecule has 12 nitrogen and oxygen atoms in total. The zero-order chi connectivity index (χ0) is 29.6. The minimum Gasteiger partial charge on any atom is -0.508 e. The second-order valence-corrected chi connectivity index (χ2v) is 9.64. The Morgan fingerprint density at radius 3 is 2.22 bits per heavy atom. The minimum absolute atomic E-state index is 0.0249. The molecule has 1 aliphatic heterocycles. The summed E-state index contributed by atoms with van der Waals surface area (Å²) >= 11 is 0. The van der Waals surface area contributed by atoms with Gasteiger partial charge in [-0.05, 0) is 48.5 Å². The second-order valence-electron chi connectivity index (χ2n) is 9.64. The molecule has 3 aromatic carbocycles. The van der Waals surface area contributed by atoms with Crippen LogP contribution < -0.4 is 5.32 Å². The van der Waals surface area contributed by atoms with Crippen molar-refractivity contribution in [2.45, 2.75) is 18.9 Å². The number of nitrogens with zero attached hydrogens (tertiary/aromatic N) is 1. The van der Waals surface area contributed by atoms with E-state index in [1.165, 1.54) is 48.2 Å². The Bertz CT molecular complexity index is 1720. The molecule has 210 valence electrons. The topological polar surface area (TPSA) is 198 Å². The number of fused-ring (bicyclic) bond motifs is 1. The van der Waals surface area contributed by atoms with Crippen LogP contribution >= 0.6 is 0 Å². The minimum atomic E-state index is -1.49. The van der Waals surface area contributed by atoms with Gasteiger partial charge in [-0.3, -0.25) is 14.4 Å². The lowest BCUT2D eigenvalue weighted by atomic mass is 9.93. The lowest BCUT2D eigenvalue weighted by Gasteiger charge is -2.18. The molecular formula is C29H24N2O10. The summed E-state index contributed by atoms with van der Waals surface area (Å²) in [6, 6.07) is 10.7. The van der Waals surface area contributed by atoms with E-state index in [0.29, 0.717) is 0 Å². The van der Waals surface area contributed by atoms with Gasteiger partial charge in [-0.15, -0.1) is 0 Å². The first-order valence-corrected chi connectivity index (χ1v) is 12.4. The van der Waals surface area contributed by atoms with Gasteiger partial charge >= 0.3 is 5.97 Å². The third kappa shape index (κ3) is 4.75. The first kappa shape index (κ1) is 27.1. The zero-order valence-corrected chi connectivity index (χ0v) is 21.5. The van der Waals surface area contributed by atoms with E-state index in [4.69, 9.17) is 4.42 Å². The smallest absolute Gasteiger partial charge is 0.336 e. The maximum atomic E-state index is 13.6. The average molecular weight is 561 g/mol. The number of ketones is 1. The molecule has 2 atom stereocenters. The van der Waals surface area contributed by atoms with Crippen molar-refractivity contribution in [3.8, 4) is 23.0 Å². The molecule has 0 saturated carbocycles. The van der Waals surface area contributed by atoms with E-state index >= 15 is 0 Å². The molecule has 4 aromatic rings. The molecule has 41 heavy (non-hydrogen) atoms. The molecule has 0 spiro atoms. The van der Waals surface area contributed by atoms with Crippen LogP contribution in [0, 0.1) is 0 Å². The van der Waals surface area contributed by atoms with Crippen molar-refractivity contribution in [3.05, 3.63) is 82.6 Å². The van der Waals surface area contributed by atoms with E-state index in [9.17, 15) is 44.7 Å². The third-order valence-electron chi connectivity index (χ3n) is 7.11. The molecule has 0 radical (unpaired) electrons. The zero-order valence-electron chi connectivity index (χ0n) is 21.5. The van der Waals surface area contributed by atoms with Crippen molar-refractivity contribution >= 4 is 34.5 Å². The first-order valence-electron chi connectivity index (χ1n) is 12.4. The Morgan fingerprint density at radius 2 is 1.56 bits per heavy atom. The van der Waals surface area contributed by atoms with Gasteiger partial charge in [-0.1, -0.05) is 6.07 Å². The van der Waals surface area contributed by atoms with Gasteiger partial charge in [0.05, 0.1) is 34.0 Å². The predicted molar refractivity (Wildman–Crippen MR) is 142 cm³/mol. The number of likely N-dealkylation sites (tertiary alicyclic amines) is 1. The number of aromatic carboxylic acids is 1. The number of aromatic hydroxyl groups is 4. The fourth-order valence-corrected chi connectivity index (χ4v) is 5.08. The van der Waals surface area contributed by atoms with Crippen LogP contribution in [0.2, 0.25) is 0 Å². The van der Waals surface area contributed by atoms with Gasteiger partial charge in [0.15, 0.2) is 11.5 Å². The second kappa shape index (κ2) is 10.2. The van der Waals surface area contributed by atoms with Crippen LogP contribution in [0.15, 0.2) is 59.0 Å². The molecule has 12 heteroatoms. The van der Waals surface area contributed by atoms with Gasteiger partial charge in [0.1, 0.15) is 22.8 Å². The third-order valence-corrected chi connectivity index (χ3v) is 7.11. The monoisotopic (exact) mass is 560 g/mol. The van der Waals surface area contributed by atoms with Crippen LogP contribution in [0.4, 0.5) is 0 Å². The summed E-state index contributed by atoms with van der Waals surface area (Å²) in [5.74, 6) is -6.02. The molecular weight excluding hydrogens is 536 g/mol. The molecule has 0 aliphatic carbocycles. The lowest BCUT2D eigenvalue weighted by Crippen LogP contribution is -2.40. The summed E-state index contributed by atoms with van der Waals surface area (Å²) in [5.41, 5.74) is -1.39.